The number of hydrogen-bond acceptors (Lipinski definition) is 10. The molecule has 0 saturated carbocycles. The zero-order valence-corrected chi connectivity index (χ0v) is 30.4. The van der Waals surface area contributed by atoms with Crippen LogP contribution in [0.3, 0.4) is 0 Å². The second-order valence-corrected chi connectivity index (χ2v) is 18.3. The van der Waals surface area contributed by atoms with Gasteiger partial charge in [0, 0.05) is 31.8 Å². The van der Waals surface area contributed by atoms with E-state index in [2.05, 4.69) is 45.8 Å². The van der Waals surface area contributed by atoms with E-state index in [4.69, 9.17) is 28.5 Å². The Bertz CT molecular complexity index is 1330. The molecule has 0 bridgehead atoms. The molecule has 268 valence electrons. The van der Waals surface area contributed by atoms with Crippen LogP contribution in [0, 0.1) is 0 Å². The van der Waals surface area contributed by atoms with Gasteiger partial charge in [-0.25, -0.2) is 9.69 Å². The summed E-state index contributed by atoms with van der Waals surface area (Å²) in [5.41, 5.74) is 1.50. The van der Waals surface area contributed by atoms with Crippen LogP contribution in [-0.4, -0.2) is 106 Å². The van der Waals surface area contributed by atoms with Crippen molar-refractivity contribution in [3.63, 3.8) is 0 Å². The largest absolute Gasteiger partial charge is 0.493 e. The van der Waals surface area contributed by atoms with Crippen LogP contribution >= 0.6 is 0 Å². The van der Waals surface area contributed by atoms with Crippen molar-refractivity contribution in [2.24, 2.45) is 0 Å². The van der Waals surface area contributed by atoms with Crippen molar-refractivity contribution in [2.75, 3.05) is 51.6 Å². The summed E-state index contributed by atoms with van der Waals surface area (Å²) in [7, 11) is -1.03. The lowest BCUT2D eigenvalue weighted by Crippen LogP contribution is -2.57. The van der Waals surface area contributed by atoms with Crippen molar-refractivity contribution >= 4 is 31.9 Å². The molecule has 2 aliphatic heterocycles. The number of nitrogens with zero attached hydrogens (tertiary/aromatic N) is 2. The predicted octanol–water partition coefficient (Wildman–Crippen LogP) is 4.34. The van der Waals surface area contributed by atoms with Gasteiger partial charge in [0.15, 0.2) is 26.0 Å². The highest BCUT2D eigenvalue weighted by atomic mass is 28.4. The van der Waals surface area contributed by atoms with Crippen molar-refractivity contribution in [1.82, 2.24) is 10.2 Å². The first-order valence-corrected chi connectivity index (χ1v) is 19.3. The maximum Gasteiger partial charge on any atom is 0.416 e. The van der Waals surface area contributed by atoms with Crippen molar-refractivity contribution < 1.29 is 48.0 Å². The summed E-state index contributed by atoms with van der Waals surface area (Å²) < 4.78 is 29.5. The normalized spacial score (nSPS) is 18.4. The van der Waals surface area contributed by atoms with Crippen LogP contribution in [0.4, 0.5) is 10.5 Å². The zero-order valence-electron chi connectivity index (χ0n) is 29.4. The molecule has 1 aromatic rings. The summed E-state index contributed by atoms with van der Waals surface area (Å²) in [4.78, 5) is 43.4. The van der Waals surface area contributed by atoms with Crippen LogP contribution in [0.1, 0.15) is 63.7 Å². The number of hydrogen-bond donors (Lipinski definition) is 3. The number of anilines is 1. The third-order valence-electron chi connectivity index (χ3n) is 8.70. The van der Waals surface area contributed by atoms with Gasteiger partial charge in [0.2, 0.25) is 5.91 Å². The number of methoxy groups -OCH3 is 1. The number of benzene rings is 1. The molecule has 48 heavy (non-hydrogen) atoms. The lowest BCUT2D eigenvalue weighted by molar-refractivity contribution is -0.121. The van der Waals surface area contributed by atoms with Gasteiger partial charge in [-0.2, -0.15) is 0 Å². The molecule has 14 heteroatoms. The van der Waals surface area contributed by atoms with Crippen LogP contribution in [0.5, 0.6) is 11.5 Å². The fraction of sp³-hybridized carbons (Fsp3) is 0.618. The Morgan fingerprint density at radius 3 is 2.56 bits per heavy atom. The van der Waals surface area contributed by atoms with Crippen LogP contribution in [0.15, 0.2) is 36.6 Å². The first kappa shape index (κ1) is 39.0. The fourth-order valence-corrected chi connectivity index (χ4v) is 6.31. The summed E-state index contributed by atoms with van der Waals surface area (Å²) in [6.07, 6.45) is 2.54. The van der Waals surface area contributed by atoms with E-state index in [0.717, 1.165) is 5.57 Å². The number of rotatable bonds is 17. The molecule has 3 amide bonds. The number of carbonyl (C=O) groups is 3. The molecule has 13 nitrogen and oxygen atoms in total. The van der Waals surface area contributed by atoms with Crippen LogP contribution in [0.2, 0.25) is 18.1 Å². The minimum atomic E-state index is -2.50. The molecule has 3 atom stereocenters. The molecule has 0 aliphatic carbocycles. The standard InChI is InChI=1S/C34H53N3O10Si/c1-9-14-46-33(42)37-26-19-29(45-16-10-12-30(40)35-13-11-15-44-22-24(39)21-38)28(43-6)18-25(26)31(41)36-20-23(2)17-27(36)32(37)47-48(7,8)34(3,4)5/h9,18-20,24,27,32,38-39H,1,10-17,21-22H2,2-8H3,(H,35,40)/t24?,27-,32-/m0/s1. The van der Waals surface area contributed by atoms with Crippen molar-refractivity contribution in [1.29, 1.82) is 0 Å². The van der Waals surface area contributed by atoms with Gasteiger partial charge >= 0.3 is 6.09 Å². The maximum atomic E-state index is 14.1. The summed E-state index contributed by atoms with van der Waals surface area (Å²) in [5, 5.41) is 20.7. The number of ether oxygens (including phenoxy) is 4. The van der Waals surface area contributed by atoms with Crippen LogP contribution in [-0.2, 0) is 18.7 Å². The van der Waals surface area contributed by atoms with E-state index in [-0.39, 0.29) is 61.0 Å². The third kappa shape index (κ3) is 9.81. The second-order valence-electron chi connectivity index (χ2n) is 13.6. The highest BCUT2D eigenvalue weighted by Crippen LogP contribution is 2.45. The quantitative estimate of drug-likeness (QED) is 0.122. The van der Waals surface area contributed by atoms with Gasteiger partial charge in [0.1, 0.15) is 12.7 Å². The third-order valence-corrected chi connectivity index (χ3v) is 13.1. The number of aliphatic hydroxyl groups excluding tert-OH is 2. The van der Waals surface area contributed by atoms with Crippen molar-refractivity contribution in [3.8, 4) is 11.5 Å². The smallest absolute Gasteiger partial charge is 0.416 e. The number of carbonyl (C=O) groups excluding carboxylic acids is 3. The summed E-state index contributed by atoms with van der Waals surface area (Å²) in [6.45, 7) is 16.7. The number of fused-ring (bicyclic) bond motifs is 2. The first-order valence-electron chi connectivity index (χ1n) is 16.4. The molecule has 2 aliphatic rings. The van der Waals surface area contributed by atoms with Gasteiger partial charge in [-0.05, 0) is 50.4 Å². The Morgan fingerprint density at radius 1 is 1.19 bits per heavy atom. The minimum Gasteiger partial charge on any atom is -0.493 e. The number of nitrogens with one attached hydrogen (secondary N) is 1. The van der Waals surface area contributed by atoms with E-state index in [1.54, 1.807) is 17.0 Å². The molecule has 3 rings (SSSR count). The molecule has 2 heterocycles. The second kappa shape index (κ2) is 17.3. The monoisotopic (exact) mass is 691 g/mol. The van der Waals surface area contributed by atoms with E-state index in [1.165, 1.54) is 18.1 Å². The Morgan fingerprint density at radius 2 is 1.92 bits per heavy atom. The summed E-state index contributed by atoms with van der Waals surface area (Å²) in [6, 6.07) is 2.70. The Hall–Kier alpha value is -3.43. The van der Waals surface area contributed by atoms with Crippen LogP contribution < -0.4 is 19.7 Å². The number of aliphatic hydroxyl groups is 2. The van der Waals surface area contributed by atoms with Crippen molar-refractivity contribution in [3.05, 3.63) is 42.1 Å². The highest BCUT2D eigenvalue weighted by molar-refractivity contribution is 6.74. The van der Waals surface area contributed by atoms with E-state index in [9.17, 15) is 19.5 Å². The van der Waals surface area contributed by atoms with Gasteiger partial charge in [-0.1, -0.05) is 39.0 Å². The van der Waals surface area contributed by atoms with E-state index < -0.39 is 32.8 Å². The Balaban J connectivity index is 1.85. The van der Waals surface area contributed by atoms with Gasteiger partial charge in [0.25, 0.3) is 5.91 Å². The Labute approximate surface area is 284 Å². The molecule has 0 aromatic heterocycles. The highest BCUT2D eigenvalue weighted by Gasteiger charge is 2.50. The molecule has 0 radical (unpaired) electrons. The summed E-state index contributed by atoms with van der Waals surface area (Å²) in [5.74, 6) is 0.149. The maximum absolute atomic E-state index is 14.1. The molecule has 0 spiro atoms. The zero-order chi connectivity index (χ0) is 35.6. The molecular weight excluding hydrogens is 638 g/mol. The van der Waals surface area contributed by atoms with E-state index in [0.29, 0.717) is 43.9 Å². The average molecular weight is 692 g/mol. The topological polar surface area (TPSA) is 156 Å². The minimum absolute atomic E-state index is 0.0292. The van der Waals surface area contributed by atoms with Gasteiger partial charge in [-0.3, -0.25) is 9.59 Å². The van der Waals surface area contributed by atoms with Crippen molar-refractivity contribution in [2.45, 2.75) is 89.9 Å². The lowest BCUT2D eigenvalue weighted by Gasteiger charge is -2.44. The fourth-order valence-electron chi connectivity index (χ4n) is 5.09. The van der Waals surface area contributed by atoms with Crippen LogP contribution in [0.25, 0.3) is 0 Å². The SMILES string of the molecule is C=CCOC(=O)N1c2cc(OCCCC(=O)NCCCOCC(O)CO)c(OC)cc2C(=O)N2C=C(C)C[C@H]2[C@@H]1O[Si](C)(C)C(C)(C)C. The molecule has 1 unspecified atom stereocenters. The van der Waals surface area contributed by atoms with E-state index >= 15 is 0 Å². The first-order chi connectivity index (χ1) is 22.6. The molecule has 0 fully saturated rings. The van der Waals surface area contributed by atoms with Gasteiger partial charge in [-0.15, -0.1) is 0 Å². The van der Waals surface area contributed by atoms with Gasteiger partial charge in [0.05, 0.1) is 44.2 Å². The average Bonchev–Trinajstić information content (AvgIpc) is 3.40. The molecule has 0 saturated heterocycles. The summed E-state index contributed by atoms with van der Waals surface area (Å²) >= 11 is 0. The predicted molar refractivity (Wildman–Crippen MR) is 184 cm³/mol. The van der Waals surface area contributed by atoms with E-state index in [1.807, 2.05) is 13.1 Å². The Kier molecular flexibility index (Phi) is 14.1. The molecule has 1 aromatic carbocycles. The number of amides is 3. The lowest BCUT2D eigenvalue weighted by atomic mass is 10.1. The molecule has 3 N–H and O–H groups in total. The van der Waals surface area contributed by atoms with Gasteiger partial charge < -0.3 is 43.8 Å². The molecular formula is C34H53N3O10Si.